The van der Waals surface area contributed by atoms with Crippen LogP contribution in [0.3, 0.4) is 0 Å². The molecule has 10 heavy (non-hydrogen) atoms. The number of aliphatic hydroxyl groups is 1. The van der Waals surface area contributed by atoms with E-state index >= 15 is 0 Å². The molecule has 0 fully saturated rings. The molecule has 0 saturated carbocycles. The van der Waals surface area contributed by atoms with Crippen molar-refractivity contribution in [1.82, 2.24) is 0 Å². The highest BCUT2D eigenvalue weighted by atomic mass is 32.2. The molecule has 0 aliphatic rings. The summed E-state index contributed by atoms with van der Waals surface area (Å²) in [5.74, 6) is 1.85. The first-order valence-electron chi connectivity index (χ1n) is 3.43. The first-order valence-corrected chi connectivity index (χ1v) is 4.59. The Bertz CT molecular complexity index is 99.8. The molecule has 0 rings (SSSR count). The molecule has 0 heterocycles. The van der Waals surface area contributed by atoms with Gasteiger partial charge in [0, 0.05) is 23.8 Å². The number of nitrogens with zero attached hydrogens (tertiary/aromatic N) is 1. The van der Waals surface area contributed by atoms with Crippen molar-refractivity contribution in [3.63, 3.8) is 0 Å². The number of hydrogen-bond acceptors (Lipinski definition) is 3. The summed E-state index contributed by atoms with van der Waals surface area (Å²) in [6, 6.07) is 0. The molecular weight excluding hydrogens is 146 g/mol. The van der Waals surface area contributed by atoms with E-state index in [2.05, 4.69) is 4.99 Å². The van der Waals surface area contributed by atoms with Crippen molar-refractivity contribution in [3.8, 4) is 0 Å². The molecule has 3 heteroatoms. The van der Waals surface area contributed by atoms with Crippen molar-refractivity contribution in [3.05, 3.63) is 0 Å². The maximum Gasteiger partial charge on any atom is 0.0521 e. The molecule has 0 aromatic heterocycles. The monoisotopic (exact) mass is 161 g/mol. The van der Waals surface area contributed by atoms with E-state index in [0.29, 0.717) is 0 Å². The van der Waals surface area contributed by atoms with Crippen LogP contribution in [0, 0.1) is 0 Å². The largest absolute Gasteiger partial charge is 0.396 e. The SMILES string of the molecule is CC(C)=NCCSCCO. The third kappa shape index (κ3) is 7.98. The molecule has 0 saturated heterocycles. The number of aliphatic hydroxyl groups excluding tert-OH is 1. The van der Waals surface area contributed by atoms with Crippen LogP contribution in [0.2, 0.25) is 0 Å². The van der Waals surface area contributed by atoms with Crippen LogP contribution in [0.25, 0.3) is 0 Å². The molecule has 0 aromatic rings. The van der Waals surface area contributed by atoms with Crippen LogP contribution in [0.15, 0.2) is 4.99 Å². The molecular formula is C7H15NOS. The minimum absolute atomic E-state index is 0.277. The molecule has 0 atom stereocenters. The van der Waals surface area contributed by atoms with Crippen LogP contribution in [0.5, 0.6) is 0 Å². The van der Waals surface area contributed by atoms with E-state index in [1.54, 1.807) is 11.8 Å². The fourth-order valence-corrected chi connectivity index (χ4v) is 1.05. The van der Waals surface area contributed by atoms with Crippen LogP contribution in [-0.4, -0.2) is 35.5 Å². The summed E-state index contributed by atoms with van der Waals surface area (Å²) in [6.45, 7) is 5.15. The molecule has 2 nitrogen and oxygen atoms in total. The van der Waals surface area contributed by atoms with Gasteiger partial charge in [0.05, 0.1) is 6.61 Å². The predicted molar refractivity (Wildman–Crippen MR) is 48.1 cm³/mol. The van der Waals surface area contributed by atoms with Gasteiger partial charge in [-0.1, -0.05) is 0 Å². The Kier molecular flexibility index (Phi) is 7.08. The zero-order valence-corrected chi connectivity index (χ0v) is 7.45. The summed E-state index contributed by atoms with van der Waals surface area (Å²) in [5, 5.41) is 8.42. The minimum Gasteiger partial charge on any atom is -0.396 e. The topological polar surface area (TPSA) is 32.6 Å². The predicted octanol–water partition coefficient (Wildman–Crippen LogP) is 1.19. The van der Waals surface area contributed by atoms with Crippen molar-refractivity contribution in [2.45, 2.75) is 13.8 Å². The Labute approximate surface area is 66.7 Å². The lowest BCUT2D eigenvalue weighted by atomic mass is 10.5. The van der Waals surface area contributed by atoms with Crippen LogP contribution in [0.4, 0.5) is 0 Å². The molecule has 1 N–H and O–H groups in total. The van der Waals surface area contributed by atoms with Crippen LogP contribution < -0.4 is 0 Å². The zero-order chi connectivity index (χ0) is 7.82. The summed E-state index contributed by atoms with van der Waals surface area (Å²) in [5.41, 5.74) is 1.13. The third-order valence-electron chi connectivity index (χ3n) is 0.899. The van der Waals surface area contributed by atoms with E-state index in [0.717, 1.165) is 23.8 Å². The second-order valence-corrected chi connectivity index (χ2v) is 3.39. The third-order valence-corrected chi connectivity index (χ3v) is 1.84. The van der Waals surface area contributed by atoms with Crippen molar-refractivity contribution in [1.29, 1.82) is 0 Å². The van der Waals surface area contributed by atoms with Gasteiger partial charge in [-0.2, -0.15) is 11.8 Å². The fraction of sp³-hybridized carbons (Fsp3) is 0.857. The van der Waals surface area contributed by atoms with Crippen molar-refractivity contribution < 1.29 is 5.11 Å². The maximum absolute atomic E-state index is 8.42. The summed E-state index contributed by atoms with van der Waals surface area (Å²) in [7, 11) is 0. The van der Waals surface area contributed by atoms with E-state index in [9.17, 15) is 0 Å². The highest BCUT2D eigenvalue weighted by molar-refractivity contribution is 7.99. The first kappa shape index (κ1) is 9.98. The number of aliphatic imine (C=N–C) groups is 1. The van der Waals surface area contributed by atoms with E-state index in [-0.39, 0.29) is 6.61 Å². The second-order valence-electron chi connectivity index (χ2n) is 2.16. The highest BCUT2D eigenvalue weighted by Gasteiger charge is 1.85. The average Bonchev–Trinajstić information content (AvgIpc) is 1.87. The van der Waals surface area contributed by atoms with Gasteiger partial charge >= 0.3 is 0 Å². The van der Waals surface area contributed by atoms with E-state index in [1.807, 2.05) is 13.8 Å². The molecule has 60 valence electrons. The number of thioether (sulfide) groups is 1. The second kappa shape index (κ2) is 7.09. The summed E-state index contributed by atoms with van der Waals surface area (Å²) >= 11 is 1.74. The Morgan fingerprint density at radius 2 is 2.10 bits per heavy atom. The van der Waals surface area contributed by atoms with Gasteiger partial charge in [-0.05, 0) is 13.8 Å². The number of hydrogen-bond donors (Lipinski definition) is 1. The smallest absolute Gasteiger partial charge is 0.0521 e. The quantitative estimate of drug-likeness (QED) is 0.485. The van der Waals surface area contributed by atoms with Gasteiger partial charge in [-0.15, -0.1) is 0 Å². The van der Waals surface area contributed by atoms with Crippen LogP contribution in [-0.2, 0) is 0 Å². The Morgan fingerprint density at radius 3 is 2.60 bits per heavy atom. The van der Waals surface area contributed by atoms with Crippen LogP contribution >= 0.6 is 11.8 Å². The molecule has 0 aliphatic carbocycles. The normalized spacial score (nSPS) is 9.50. The maximum atomic E-state index is 8.42. The average molecular weight is 161 g/mol. The Hall–Kier alpha value is -0.0200. The molecule has 0 unspecified atom stereocenters. The van der Waals surface area contributed by atoms with Gasteiger partial charge in [0.15, 0.2) is 0 Å². The lowest BCUT2D eigenvalue weighted by Gasteiger charge is -1.94. The lowest BCUT2D eigenvalue weighted by molar-refractivity contribution is 0.322. The summed E-state index contributed by atoms with van der Waals surface area (Å²) in [6.07, 6.45) is 0. The van der Waals surface area contributed by atoms with Gasteiger partial charge in [0.2, 0.25) is 0 Å². The van der Waals surface area contributed by atoms with Crippen molar-refractivity contribution in [2.24, 2.45) is 4.99 Å². The van der Waals surface area contributed by atoms with E-state index in [1.165, 1.54) is 0 Å². The summed E-state index contributed by atoms with van der Waals surface area (Å²) in [4.78, 5) is 4.21. The summed E-state index contributed by atoms with van der Waals surface area (Å²) < 4.78 is 0. The minimum atomic E-state index is 0.277. The van der Waals surface area contributed by atoms with Gasteiger partial charge in [0.1, 0.15) is 0 Å². The van der Waals surface area contributed by atoms with Gasteiger partial charge in [0.25, 0.3) is 0 Å². The molecule has 0 radical (unpaired) electrons. The Balaban J connectivity index is 2.98. The lowest BCUT2D eigenvalue weighted by Crippen LogP contribution is -1.93. The molecule has 0 amide bonds. The Morgan fingerprint density at radius 1 is 1.40 bits per heavy atom. The van der Waals surface area contributed by atoms with Crippen molar-refractivity contribution >= 4 is 17.5 Å². The zero-order valence-electron chi connectivity index (χ0n) is 6.63. The fourth-order valence-electron chi connectivity index (χ4n) is 0.500. The standard InChI is InChI=1S/C7H15NOS/c1-7(2)8-3-5-10-6-4-9/h9H,3-6H2,1-2H3. The molecule has 0 aromatic carbocycles. The highest BCUT2D eigenvalue weighted by Crippen LogP contribution is 1.97. The number of rotatable bonds is 5. The molecule has 0 aliphatic heterocycles. The van der Waals surface area contributed by atoms with Crippen molar-refractivity contribution in [2.75, 3.05) is 24.7 Å². The van der Waals surface area contributed by atoms with Gasteiger partial charge < -0.3 is 5.11 Å². The van der Waals surface area contributed by atoms with E-state index in [4.69, 9.17) is 5.11 Å². The van der Waals surface area contributed by atoms with Gasteiger partial charge in [-0.3, -0.25) is 4.99 Å². The van der Waals surface area contributed by atoms with E-state index < -0.39 is 0 Å². The first-order chi connectivity index (χ1) is 4.77. The molecule has 0 spiro atoms. The molecule has 0 bridgehead atoms. The van der Waals surface area contributed by atoms with Crippen LogP contribution in [0.1, 0.15) is 13.8 Å². The van der Waals surface area contributed by atoms with Gasteiger partial charge in [-0.25, -0.2) is 0 Å².